The third-order valence-corrected chi connectivity index (χ3v) is 5.83. The molecule has 0 amide bonds. The van der Waals surface area contributed by atoms with Gasteiger partial charge in [0.2, 0.25) is 21.7 Å². The van der Waals surface area contributed by atoms with Crippen molar-refractivity contribution in [1.82, 2.24) is 14.4 Å². The van der Waals surface area contributed by atoms with E-state index < -0.39 is 15.8 Å². The van der Waals surface area contributed by atoms with Gasteiger partial charge in [0.1, 0.15) is 5.82 Å². The van der Waals surface area contributed by atoms with E-state index in [0.29, 0.717) is 5.82 Å². The molecule has 1 aromatic heterocycles. The van der Waals surface area contributed by atoms with E-state index >= 15 is 0 Å². The molecule has 136 valence electrons. The second-order valence-corrected chi connectivity index (χ2v) is 7.70. The van der Waals surface area contributed by atoms with Crippen LogP contribution in [0, 0.1) is 12.7 Å². The first-order valence-corrected chi connectivity index (χ1v) is 9.49. The number of benzene rings is 2. The molecule has 2 aromatic carbocycles. The Morgan fingerprint density at radius 1 is 1.08 bits per heavy atom. The van der Waals surface area contributed by atoms with Gasteiger partial charge in [-0.1, -0.05) is 41.9 Å². The highest BCUT2D eigenvalue weighted by Crippen LogP contribution is 2.20. The smallest absolute Gasteiger partial charge is 0.243 e. The Balaban J connectivity index is 1.82. The molecule has 0 fully saturated rings. The number of aryl methyl sites for hydroxylation is 1. The molecule has 0 aliphatic carbocycles. The minimum atomic E-state index is -3.79. The maximum atomic E-state index is 13.1. The van der Waals surface area contributed by atoms with Crippen molar-refractivity contribution in [3.8, 4) is 11.4 Å². The van der Waals surface area contributed by atoms with E-state index in [0.717, 1.165) is 23.3 Å². The largest absolute Gasteiger partial charge is 0.338 e. The summed E-state index contributed by atoms with van der Waals surface area (Å²) in [4.78, 5) is 4.29. The molecule has 0 aliphatic heterocycles. The van der Waals surface area contributed by atoms with Crippen molar-refractivity contribution in [3.63, 3.8) is 0 Å². The second kappa shape index (κ2) is 7.35. The van der Waals surface area contributed by atoms with Crippen molar-refractivity contribution in [2.24, 2.45) is 0 Å². The van der Waals surface area contributed by atoms with Gasteiger partial charge in [-0.2, -0.15) is 9.29 Å². The van der Waals surface area contributed by atoms with Crippen molar-refractivity contribution >= 4 is 10.0 Å². The molecule has 6 nitrogen and oxygen atoms in total. The summed E-state index contributed by atoms with van der Waals surface area (Å²) < 4.78 is 44.9. The normalized spacial score (nSPS) is 11.8. The quantitative estimate of drug-likeness (QED) is 0.660. The second-order valence-electron chi connectivity index (χ2n) is 5.76. The van der Waals surface area contributed by atoms with E-state index in [1.54, 1.807) is 6.92 Å². The molecule has 8 heteroatoms. The van der Waals surface area contributed by atoms with Crippen LogP contribution < -0.4 is 0 Å². The van der Waals surface area contributed by atoms with Crippen LogP contribution in [0.3, 0.4) is 0 Å². The molecule has 3 aromatic rings. The lowest BCUT2D eigenvalue weighted by molar-refractivity contribution is 0.321. The molecule has 0 saturated heterocycles. The van der Waals surface area contributed by atoms with Crippen LogP contribution in [0.25, 0.3) is 11.4 Å². The average Bonchev–Trinajstić information content (AvgIpc) is 3.09. The van der Waals surface area contributed by atoms with Crippen molar-refractivity contribution in [3.05, 3.63) is 65.8 Å². The average molecular weight is 375 g/mol. The molecule has 0 unspecified atom stereocenters. The van der Waals surface area contributed by atoms with Gasteiger partial charge in [0.05, 0.1) is 11.4 Å². The Morgan fingerprint density at radius 3 is 2.35 bits per heavy atom. The molecular formula is C18H18FN3O3S. The Bertz CT molecular complexity index is 983. The highest BCUT2D eigenvalue weighted by molar-refractivity contribution is 7.89. The third-order valence-electron chi connectivity index (χ3n) is 3.89. The zero-order valence-electron chi connectivity index (χ0n) is 14.4. The number of sulfonamides is 1. The van der Waals surface area contributed by atoms with E-state index in [1.165, 1.54) is 16.4 Å². The molecule has 0 radical (unpaired) electrons. The fourth-order valence-electron chi connectivity index (χ4n) is 2.41. The van der Waals surface area contributed by atoms with E-state index in [2.05, 4.69) is 10.1 Å². The van der Waals surface area contributed by atoms with E-state index in [1.807, 2.05) is 31.2 Å². The first kappa shape index (κ1) is 18.2. The van der Waals surface area contributed by atoms with Gasteiger partial charge in [0.25, 0.3) is 0 Å². The summed E-state index contributed by atoms with van der Waals surface area (Å²) in [5.74, 6) is 0.0926. The number of aromatic nitrogens is 2. The van der Waals surface area contributed by atoms with Gasteiger partial charge in [-0.25, -0.2) is 12.8 Å². The van der Waals surface area contributed by atoms with Gasteiger partial charge < -0.3 is 4.52 Å². The fraction of sp³-hybridized carbons (Fsp3) is 0.222. The van der Waals surface area contributed by atoms with Crippen LogP contribution in [-0.2, 0) is 16.6 Å². The molecule has 26 heavy (non-hydrogen) atoms. The van der Waals surface area contributed by atoms with Crippen molar-refractivity contribution in [2.45, 2.75) is 25.3 Å². The molecule has 0 aliphatic rings. The number of rotatable bonds is 6. The molecule has 3 rings (SSSR count). The lowest BCUT2D eigenvalue weighted by Gasteiger charge is -2.18. The highest BCUT2D eigenvalue weighted by Gasteiger charge is 2.25. The highest BCUT2D eigenvalue weighted by atomic mass is 32.2. The molecule has 0 spiro atoms. The maximum absolute atomic E-state index is 13.1. The van der Waals surface area contributed by atoms with E-state index in [4.69, 9.17) is 4.52 Å². The molecule has 0 saturated carbocycles. The van der Waals surface area contributed by atoms with Crippen molar-refractivity contribution in [1.29, 1.82) is 0 Å². The zero-order chi connectivity index (χ0) is 18.7. The first-order chi connectivity index (χ1) is 12.4. The van der Waals surface area contributed by atoms with Crippen LogP contribution in [-0.4, -0.2) is 29.4 Å². The van der Waals surface area contributed by atoms with Crippen LogP contribution in [0.4, 0.5) is 4.39 Å². The summed E-state index contributed by atoms with van der Waals surface area (Å²) in [7, 11) is -3.79. The van der Waals surface area contributed by atoms with Crippen LogP contribution in [0.1, 0.15) is 18.4 Å². The lowest BCUT2D eigenvalue weighted by Crippen LogP contribution is -2.30. The molecule has 0 atom stereocenters. The molecule has 0 N–H and O–H groups in total. The summed E-state index contributed by atoms with van der Waals surface area (Å²) in [6.45, 7) is 3.83. The van der Waals surface area contributed by atoms with E-state index in [-0.39, 0.29) is 23.9 Å². The third kappa shape index (κ3) is 3.81. The van der Waals surface area contributed by atoms with Gasteiger partial charge in [-0.05, 0) is 31.2 Å². The van der Waals surface area contributed by atoms with Crippen LogP contribution >= 0.6 is 0 Å². The van der Waals surface area contributed by atoms with Crippen LogP contribution in [0.2, 0.25) is 0 Å². The summed E-state index contributed by atoms with van der Waals surface area (Å²) >= 11 is 0. The topological polar surface area (TPSA) is 76.3 Å². The van der Waals surface area contributed by atoms with Gasteiger partial charge in [0.15, 0.2) is 0 Å². The monoisotopic (exact) mass is 375 g/mol. The van der Waals surface area contributed by atoms with Gasteiger partial charge >= 0.3 is 0 Å². The van der Waals surface area contributed by atoms with Crippen LogP contribution in [0.15, 0.2) is 57.9 Å². The SMILES string of the molecule is CCN(Cc1nc(-c2ccc(C)cc2)no1)S(=O)(=O)c1ccc(F)cc1. The standard InChI is InChI=1S/C18H18FN3O3S/c1-3-22(26(23,24)16-10-8-15(19)9-11-16)12-17-20-18(21-25-17)14-6-4-13(2)5-7-14/h4-11H,3,12H2,1-2H3. The maximum Gasteiger partial charge on any atom is 0.243 e. The number of nitrogens with zero attached hydrogens (tertiary/aromatic N) is 3. The summed E-state index contributed by atoms with van der Waals surface area (Å²) in [5, 5.41) is 3.91. The van der Waals surface area contributed by atoms with Gasteiger partial charge in [0, 0.05) is 12.1 Å². The predicted octanol–water partition coefficient (Wildman–Crippen LogP) is 3.39. The zero-order valence-corrected chi connectivity index (χ0v) is 15.2. The van der Waals surface area contributed by atoms with Crippen molar-refractivity contribution in [2.75, 3.05) is 6.54 Å². The lowest BCUT2D eigenvalue weighted by atomic mass is 10.1. The summed E-state index contributed by atoms with van der Waals surface area (Å²) in [6, 6.07) is 12.3. The van der Waals surface area contributed by atoms with Gasteiger partial charge in [-0.3, -0.25) is 0 Å². The Hall–Kier alpha value is -2.58. The number of hydrogen-bond donors (Lipinski definition) is 0. The minimum absolute atomic E-state index is 0.0130. The molecular weight excluding hydrogens is 357 g/mol. The van der Waals surface area contributed by atoms with Crippen molar-refractivity contribution < 1.29 is 17.3 Å². The number of hydrogen-bond acceptors (Lipinski definition) is 5. The first-order valence-electron chi connectivity index (χ1n) is 8.05. The van der Waals surface area contributed by atoms with Crippen LogP contribution in [0.5, 0.6) is 0 Å². The fourth-order valence-corrected chi connectivity index (χ4v) is 3.81. The molecule has 1 heterocycles. The summed E-state index contributed by atoms with van der Waals surface area (Å²) in [5.41, 5.74) is 1.90. The van der Waals surface area contributed by atoms with Gasteiger partial charge in [-0.15, -0.1) is 0 Å². The molecule has 0 bridgehead atoms. The minimum Gasteiger partial charge on any atom is -0.338 e. The predicted molar refractivity (Wildman–Crippen MR) is 94.1 cm³/mol. The Kier molecular flexibility index (Phi) is 5.15. The number of halogens is 1. The van der Waals surface area contributed by atoms with E-state index in [9.17, 15) is 12.8 Å². The Labute approximate surface area is 151 Å². The Morgan fingerprint density at radius 2 is 1.73 bits per heavy atom. The summed E-state index contributed by atoms with van der Waals surface area (Å²) in [6.07, 6.45) is 0.